The molecule has 0 aliphatic heterocycles. The lowest BCUT2D eigenvalue weighted by Gasteiger charge is -2.19. The Kier molecular flexibility index (Phi) is 7.72. The number of amides is 2. The molecule has 122 valence electrons. The number of hydroxylamine groups is 1. The molecule has 0 fully saturated rings. The summed E-state index contributed by atoms with van der Waals surface area (Å²) in [5, 5.41) is 20.4. The second-order valence-electron chi connectivity index (χ2n) is 4.80. The maximum Gasteiger partial charge on any atom is 0.265 e. The highest BCUT2D eigenvalue weighted by Crippen LogP contribution is 2.11. The van der Waals surface area contributed by atoms with Crippen LogP contribution in [0.3, 0.4) is 0 Å². The van der Waals surface area contributed by atoms with E-state index >= 15 is 0 Å². The van der Waals surface area contributed by atoms with Crippen molar-refractivity contribution in [2.45, 2.75) is 24.9 Å². The Morgan fingerprint density at radius 3 is 2.45 bits per heavy atom. The van der Waals surface area contributed by atoms with Gasteiger partial charge in [0.2, 0.25) is 5.91 Å². The van der Waals surface area contributed by atoms with Gasteiger partial charge in [-0.15, -0.1) is 0 Å². The summed E-state index contributed by atoms with van der Waals surface area (Å²) in [4.78, 5) is 23.6. The van der Waals surface area contributed by atoms with E-state index in [4.69, 9.17) is 10.9 Å². The molecular weight excluding hydrogens is 306 g/mol. The molecule has 0 saturated heterocycles. The molecule has 6 N–H and O–H groups in total. The van der Waals surface area contributed by atoms with Crippen molar-refractivity contribution in [3.05, 3.63) is 29.8 Å². The van der Waals surface area contributed by atoms with Crippen LogP contribution in [-0.4, -0.2) is 46.2 Å². The van der Waals surface area contributed by atoms with E-state index in [1.165, 1.54) is 23.9 Å². The first-order chi connectivity index (χ1) is 10.5. The number of carbonyl (C=O) groups is 2. The molecular formula is C14H21N3O4S. The van der Waals surface area contributed by atoms with Crippen LogP contribution in [0, 0.1) is 0 Å². The molecule has 0 aliphatic carbocycles. The SMILES string of the molecule is CSCC[C@H](NC(=O)C(N)Cc1ccc(O)cc1)C(=O)NO. The number of carbonyl (C=O) groups excluding carboxylic acids is 2. The molecule has 0 spiro atoms. The summed E-state index contributed by atoms with van der Waals surface area (Å²) in [6.45, 7) is 0. The number of nitrogens with two attached hydrogens (primary N) is 1. The summed E-state index contributed by atoms with van der Waals surface area (Å²) in [7, 11) is 0. The van der Waals surface area contributed by atoms with Gasteiger partial charge >= 0.3 is 0 Å². The zero-order valence-electron chi connectivity index (χ0n) is 12.3. The first kappa shape index (κ1) is 18.3. The van der Waals surface area contributed by atoms with E-state index in [1.54, 1.807) is 17.6 Å². The smallest absolute Gasteiger partial charge is 0.265 e. The van der Waals surface area contributed by atoms with E-state index in [0.717, 1.165) is 5.56 Å². The zero-order chi connectivity index (χ0) is 16.5. The quantitative estimate of drug-likeness (QED) is 0.338. The summed E-state index contributed by atoms with van der Waals surface area (Å²) in [6, 6.07) is 4.73. The fourth-order valence-corrected chi connectivity index (χ4v) is 2.31. The highest BCUT2D eigenvalue weighted by atomic mass is 32.2. The summed E-state index contributed by atoms with van der Waals surface area (Å²) in [5.41, 5.74) is 8.17. The van der Waals surface area contributed by atoms with Crippen LogP contribution < -0.4 is 16.5 Å². The number of aromatic hydroxyl groups is 1. The first-order valence-corrected chi connectivity index (χ1v) is 8.14. The molecule has 1 aromatic rings. The maximum absolute atomic E-state index is 12.1. The van der Waals surface area contributed by atoms with Crippen molar-refractivity contribution in [2.24, 2.45) is 5.73 Å². The van der Waals surface area contributed by atoms with Gasteiger partial charge in [-0.05, 0) is 42.5 Å². The van der Waals surface area contributed by atoms with Gasteiger partial charge in [0.05, 0.1) is 6.04 Å². The summed E-state index contributed by atoms with van der Waals surface area (Å²) in [5.74, 6) is -0.341. The third-order valence-electron chi connectivity index (χ3n) is 3.08. The molecule has 1 unspecified atom stereocenters. The topological polar surface area (TPSA) is 125 Å². The molecule has 22 heavy (non-hydrogen) atoms. The molecule has 7 nitrogen and oxygen atoms in total. The third-order valence-corrected chi connectivity index (χ3v) is 3.73. The Hall–Kier alpha value is -1.77. The second-order valence-corrected chi connectivity index (χ2v) is 5.78. The molecule has 1 rings (SSSR count). The van der Waals surface area contributed by atoms with Crippen molar-refractivity contribution in [3.8, 4) is 5.75 Å². The fraction of sp³-hybridized carbons (Fsp3) is 0.429. The molecule has 0 aliphatic rings. The minimum absolute atomic E-state index is 0.138. The van der Waals surface area contributed by atoms with Crippen LogP contribution in [-0.2, 0) is 16.0 Å². The van der Waals surface area contributed by atoms with Gasteiger partial charge < -0.3 is 16.2 Å². The van der Waals surface area contributed by atoms with Gasteiger partial charge in [-0.1, -0.05) is 12.1 Å². The minimum Gasteiger partial charge on any atom is -0.508 e. The molecule has 2 amide bonds. The normalized spacial score (nSPS) is 13.2. The Morgan fingerprint density at radius 1 is 1.27 bits per heavy atom. The zero-order valence-corrected chi connectivity index (χ0v) is 13.1. The van der Waals surface area contributed by atoms with Gasteiger partial charge in [0.15, 0.2) is 0 Å². The van der Waals surface area contributed by atoms with Crippen molar-refractivity contribution in [3.63, 3.8) is 0 Å². The van der Waals surface area contributed by atoms with E-state index in [2.05, 4.69) is 5.32 Å². The molecule has 0 saturated carbocycles. The Bertz CT molecular complexity index is 495. The number of thioether (sulfide) groups is 1. The second kappa shape index (κ2) is 9.29. The molecule has 0 aromatic heterocycles. The average molecular weight is 327 g/mol. The van der Waals surface area contributed by atoms with Crippen LogP contribution in [0.15, 0.2) is 24.3 Å². The van der Waals surface area contributed by atoms with Crippen molar-refractivity contribution in [2.75, 3.05) is 12.0 Å². The van der Waals surface area contributed by atoms with Gasteiger partial charge in [-0.3, -0.25) is 14.8 Å². The van der Waals surface area contributed by atoms with E-state index in [9.17, 15) is 14.7 Å². The first-order valence-electron chi connectivity index (χ1n) is 6.74. The van der Waals surface area contributed by atoms with Crippen LogP contribution in [0.1, 0.15) is 12.0 Å². The average Bonchev–Trinajstić information content (AvgIpc) is 2.52. The highest BCUT2D eigenvalue weighted by molar-refractivity contribution is 7.98. The summed E-state index contributed by atoms with van der Waals surface area (Å²) < 4.78 is 0. The number of benzene rings is 1. The van der Waals surface area contributed by atoms with Gasteiger partial charge in [-0.25, -0.2) is 5.48 Å². The standard InChI is InChI=1S/C14H21N3O4S/c1-22-7-6-12(14(20)17-21)16-13(19)11(15)8-9-2-4-10(18)5-3-9/h2-5,11-12,18,21H,6-8,15H2,1H3,(H,16,19)(H,17,20)/t11?,12-/m0/s1. The van der Waals surface area contributed by atoms with Crippen molar-refractivity contribution in [1.82, 2.24) is 10.8 Å². The summed E-state index contributed by atoms with van der Waals surface area (Å²) >= 11 is 1.53. The molecule has 0 bridgehead atoms. The van der Waals surface area contributed by atoms with E-state index in [0.29, 0.717) is 12.2 Å². The Morgan fingerprint density at radius 2 is 1.91 bits per heavy atom. The lowest BCUT2D eigenvalue weighted by molar-refractivity contribution is -0.135. The number of hydrogen-bond acceptors (Lipinski definition) is 6. The number of phenols is 1. The number of phenolic OH excluding ortho intramolecular Hbond substituents is 1. The molecule has 0 heterocycles. The fourth-order valence-electron chi connectivity index (χ4n) is 1.84. The van der Waals surface area contributed by atoms with Gasteiger partial charge in [0.1, 0.15) is 11.8 Å². The summed E-state index contributed by atoms with van der Waals surface area (Å²) in [6.07, 6.45) is 2.56. The van der Waals surface area contributed by atoms with Gasteiger partial charge in [0, 0.05) is 0 Å². The van der Waals surface area contributed by atoms with Gasteiger partial charge in [-0.2, -0.15) is 11.8 Å². The maximum atomic E-state index is 12.1. The number of nitrogens with one attached hydrogen (secondary N) is 2. The van der Waals surface area contributed by atoms with E-state index in [1.807, 2.05) is 6.26 Å². The molecule has 0 radical (unpaired) electrons. The number of rotatable bonds is 8. The number of hydrogen-bond donors (Lipinski definition) is 5. The lowest BCUT2D eigenvalue weighted by atomic mass is 10.1. The van der Waals surface area contributed by atoms with Crippen LogP contribution >= 0.6 is 11.8 Å². The molecule has 1 aromatic carbocycles. The largest absolute Gasteiger partial charge is 0.508 e. The third kappa shape index (κ3) is 5.92. The molecule has 2 atom stereocenters. The van der Waals surface area contributed by atoms with Crippen molar-refractivity contribution >= 4 is 23.6 Å². The van der Waals surface area contributed by atoms with Crippen LogP contribution in [0.2, 0.25) is 0 Å². The Balaban J connectivity index is 2.59. The predicted molar refractivity (Wildman–Crippen MR) is 84.6 cm³/mol. The van der Waals surface area contributed by atoms with Crippen LogP contribution in [0.4, 0.5) is 0 Å². The van der Waals surface area contributed by atoms with Crippen molar-refractivity contribution < 1.29 is 19.9 Å². The monoisotopic (exact) mass is 327 g/mol. The predicted octanol–water partition coefficient (Wildman–Crippen LogP) is 0.00530. The van der Waals surface area contributed by atoms with Crippen LogP contribution in [0.25, 0.3) is 0 Å². The highest BCUT2D eigenvalue weighted by Gasteiger charge is 2.23. The minimum atomic E-state index is -0.826. The van der Waals surface area contributed by atoms with Crippen LogP contribution in [0.5, 0.6) is 5.75 Å². The van der Waals surface area contributed by atoms with E-state index in [-0.39, 0.29) is 12.2 Å². The van der Waals surface area contributed by atoms with Gasteiger partial charge in [0.25, 0.3) is 5.91 Å². The molecule has 8 heteroatoms. The lowest BCUT2D eigenvalue weighted by Crippen LogP contribution is -2.51. The Labute approximate surface area is 133 Å². The van der Waals surface area contributed by atoms with E-state index < -0.39 is 23.9 Å². The van der Waals surface area contributed by atoms with Crippen molar-refractivity contribution in [1.29, 1.82) is 0 Å².